The van der Waals surface area contributed by atoms with E-state index in [4.69, 9.17) is 5.73 Å². The minimum absolute atomic E-state index is 0.694. The molecule has 2 N–H and O–H groups in total. The second kappa shape index (κ2) is 4.26. The van der Waals surface area contributed by atoms with Crippen molar-refractivity contribution < 1.29 is 0 Å². The van der Waals surface area contributed by atoms with Crippen LogP contribution in [0.15, 0.2) is 18.2 Å². The second-order valence-corrected chi connectivity index (χ2v) is 4.95. The van der Waals surface area contributed by atoms with Gasteiger partial charge in [0.2, 0.25) is 0 Å². The van der Waals surface area contributed by atoms with Crippen LogP contribution in [0.3, 0.4) is 0 Å². The Bertz CT molecular complexity index is 323. The highest BCUT2D eigenvalue weighted by Crippen LogP contribution is 2.40. The zero-order valence-corrected chi connectivity index (χ0v) is 9.79. The summed E-state index contributed by atoms with van der Waals surface area (Å²) in [5, 5.41) is 0. The van der Waals surface area contributed by atoms with Gasteiger partial charge < -0.3 is 5.73 Å². The summed E-state index contributed by atoms with van der Waals surface area (Å²) in [6.07, 6.45) is 5.43. The van der Waals surface area contributed by atoms with Crippen molar-refractivity contribution in [1.82, 2.24) is 0 Å². The van der Waals surface area contributed by atoms with Crippen molar-refractivity contribution in [3.63, 3.8) is 0 Å². The minimum Gasteiger partial charge on any atom is -0.398 e. The Balaban J connectivity index is 2.35. The molecule has 82 valence electrons. The summed E-state index contributed by atoms with van der Waals surface area (Å²) in [6, 6.07) is 6.29. The van der Waals surface area contributed by atoms with Crippen LogP contribution in [0.4, 0.5) is 5.69 Å². The van der Waals surface area contributed by atoms with Crippen LogP contribution in [-0.4, -0.2) is 0 Å². The maximum Gasteiger partial charge on any atom is 0.0352 e. The van der Waals surface area contributed by atoms with E-state index in [9.17, 15) is 0 Å². The first kappa shape index (κ1) is 10.5. The highest BCUT2D eigenvalue weighted by molar-refractivity contribution is 5.52. The summed E-state index contributed by atoms with van der Waals surface area (Å²) < 4.78 is 0. The number of rotatable bonds is 1. The molecule has 0 saturated heterocycles. The summed E-state index contributed by atoms with van der Waals surface area (Å²) in [6.45, 7) is 4.56. The topological polar surface area (TPSA) is 26.0 Å². The fourth-order valence-electron chi connectivity index (χ4n) is 2.95. The van der Waals surface area contributed by atoms with E-state index in [1.165, 1.54) is 36.8 Å². The molecule has 0 amide bonds. The molecule has 0 spiro atoms. The Kier molecular flexibility index (Phi) is 2.99. The second-order valence-electron chi connectivity index (χ2n) is 4.95. The maximum atomic E-state index is 6.11. The molecule has 1 aromatic rings. The lowest BCUT2D eigenvalue weighted by Crippen LogP contribution is -2.17. The number of nitrogens with two attached hydrogens (primary N) is 1. The third kappa shape index (κ3) is 2.01. The average Bonchev–Trinajstić information content (AvgIpc) is 2.20. The molecule has 1 nitrogen and oxygen atoms in total. The predicted molar refractivity (Wildman–Crippen MR) is 66.0 cm³/mol. The van der Waals surface area contributed by atoms with Crippen molar-refractivity contribution in [1.29, 1.82) is 0 Å². The van der Waals surface area contributed by atoms with Crippen molar-refractivity contribution in [2.45, 2.75) is 45.4 Å². The molecule has 2 atom stereocenters. The number of hydrogen-bond acceptors (Lipinski definition) is 1. The normalized spacial score (nSPS) is 26.5. The first-order valence-electron chi connectivity index (χ1n) is 6.05. The van der Waals surface area contributed by atoms with Crippen molar-refractivity contribution in [3.8, 4) is 0 Å². The van der Waals surface area contributed by atoms with E-state index in [0.717, 1.165) is 11.6 Å². The van der Waals surface area contributed by atoms with E-state index in [1.54, 1.807) is 0 Å². The van der Waals surface area contributed by atoms with Crippen LogP contribution in [-0.2, 0) is 0 Å². The van der Waals surface area contributed by atoms with E-state index < -0.39 is 0 Å². The zero-order chi connectivity index (χ0) is 10.8. The lowest BCUT2D eigenvalue weighted by atomic mass is 9.75. The molecule has 0 aliphatic heterocycles. The van der Waals surface area contributed by atoms with Crippen LogP contribution in [0.1, 0.15) is 49.7 Å². The minimum atomic E-state index is 0.694. The van der Waals surface area contributed by atoms with Crippen LogP contribution in [0.5, 0.6) is 0 Å². The monoisotopic (exact) mass is 203 g/mol. The summed E-state index contributed by atoms with van der Waals surface area (Å²) in [7, 11) is 0. The maximum absolute atomic E-state index is 6.11. The van der Waals surface area contributed by atoms with Crippen LogP contribution < -0.4 is 5.73 Å². The molecular formula is C14H21N. The van der Waals surface area contributed by atoms with Gasteiger partial charge in [-0.05, 0) is 42.4 Å². The first-order valence-corrected chi connectivity index (χ1v) is 6.05. The molecule has 0 radical (unpaired) electrons. The standard InChI is InChI=1S/C14H21N/c1-10-6-3-4-8-12(10)14-11(2)7-5-9-13(14)15/h5,7,9-10,12H,3-4,6,8,15H2,1-2H3/t10-,12-/m0/s1. The van der Waals surface area contributed by atoms with Crippen molar-refractivity contribution >= 4 is 5.69 Å². The number of hydrogen-bond donors (Lipinski definition) is 1. The summed E-state index contributed by atoms with van der Waals surface area (Å²) >= 11 is 0. The van der Waals surface area contributed by atoms with E-state index in [2.05, 4.69) is 26.0 Å². The van der Waals surface area contributed by atoms with Gasteiger partial charge in [0.25, 0.3) is 0 Å². The van der Waals surface area contributed by atoms with Crippen molar-refractivity contribution in [2.75, 3.05) is 5.73 Å². The summed E-state index contributed by atoms with van der Waals surface area (Å²) in [5.41, 5.74) is 9.90. The van der Waals surface area contributed by atoms with Gasteiger partial charge in [-0.15, -0.1) is 0 Å². The first-order chi connectivity index (χ1) is 7.20. The summed E-state index contributed by atoms with van der Waals surface area (Å²) in [5.74, 6) is 1.49. The number of anilines is 1. The van der Waals surface area contributed by atoms with Gasteiger partial charge in [0.1, 0.15) is 0 Å². The third-order valence-corrected chi connectivity index (χ3v) is 3.84. The van der Waals surface area contributed by atoms with Gasteiger partial charge in [-0.1, -0.05) is 38.3 Å². The fourth-order valence-corrected chi connectivity index (χ4v) is 2.95. The van der Waals surface area contributed by atoms with Gasteiger partial charge in [0.15, 0.2) is 0 Å². The summed E-state index contributed by atoms with van der Waals surface area (Å²) in [4.78, 5) is 0. The van der Waals surface area contributed by atoms with Gasteiger partial charge in [-0.2, -0.15) is 0 Å². The number of nitrogen functional groups attached to an aromatic ring is 1. The Labute approximate surface area is 92.7 Å². The van der Waals surface area contributed by atoms with E-state index in [-0.39, 0.29) is 0 Å². The van der Waals surface area contributed by atoms with Crippen LogP contribution in [0.25, 0.3) is 0 Å². The number of aryl methyl sites for hydroxylation is 1. The van der Waals surface area contributed by atoms with Gasteiger partial charge >= 0.3 is 0 Å². The molecule has 0 aromatic heterocycles. The quantitative estimate of drug-likeness (QED) is 0.689. The largest absolute Gasteiger partial charge is 0.398 e. The SMILES string of the molecule is Cc1cccc(N)c1[C@H]1CCCC[C@@H]1C. The molecule has 1 saturated carbocycles. The van der Waals surface area contributed by atoms with Crippen LogP contribution >= 0.6 is 0 Å². The van der Waals surface area contributed by atoms with Gasteiger partial charge in [-0.25, -0.2) is 0 Å². The predicted octanol–water partition coefficient (Wildman–Crippen LogP) is 3.87. The average molecular weight is 203 g/mol. The van der Waals surface area contributed by atoms with E-state index >= 15 is 0 Å². The third-order valence-electron chi connectivity index (χ3n) is 3.84. The van der Waals surface area contributed by atoms with Crippen molar-refractivity contribution in [2.24, 2.45) is 5.92 Å². The van der Waals surface area contributed by atoms with Gasteiger partial charge in [0.05, 0.1) is 0 Å². The number of benzene rings is 1. The van der Waals surface area contributed by atoms with Gasteiger partial charge in [0, 0.05) is 5.69 Å². The fraction of sp³-hybridized carbons (Fsp3) is 0.571. The Morgan fingerprint density at radius 3 is 2.60 bits per heavy atom. The Morgan fingerprint density at radius 1 is 1.20 bits per heavy atom. The molecule has 1 fully saturated rings. The molecule has 1 heteroatoms. The van der Waals surface area contributed by atoms with E-state index in [1.807, 2.05) is 6.07 Å². The molecule has 1 aliphatic rings. The molecule has 0 heterocycles. The van der Waals surface area contributed by atoms with Crippen LogP contribution in [0.2, 0.25) is 0 Å². The Hall–Kier alpha value is -0.980. The molecule has 1 aromatic carbocycles. The molecule has 0 unspecified atom stereocenters. The molecule has 2 rings (SSSR count). The van der Waals surface area contributed by atoms with Crippen LogP contribution in [0, 0.1) is 12.8 Å². The lowest BCUT2D eigenvalue weighted by Gasteiger charge is -2.31. The molecular weight excluding hydrogens is 182 g/mol. The molecule has 0 bridgehead atoms. The molecule has 1 aliphatic carbocycles. The van der Waals surface area contributed by atoms with Crippen molar-refractivity contribution in [3.05, 3.63) is 29.3 Å². The molecule has 15 heavy (non-hydrogen) atoms. The van der Waals surface area contributed by atoms with E-state index in [0.29, 0.717) is 5.92 Å². The zero-order valence-electron chi connectivity index (χ0n) is 9.79. The highest BCUT2D eigenvalue weighted by Gasteiger charge is 2.25. The Morgan fingerprint density at radius 2 is 1.93 bits per heavy atom. The lowest BCUT2D eigenvalue weighted by molar-refractivity contribution is 0.330. The van der Waals surface area contributed by atoms with Gasteiger partial charge in [-0.3, -0.25) is 0 Å². The highest BCUT2D eigenvalue weighted by atomic mass is 14.6. The smallest absolute Gasteiger partial charge is 0.0352 e.